The summed E-state index contributed by atoms with van der Waals surface area (Å²) in [7, 11) is 0. The Hall–Kier alpha value is -1.72. The highest BCUT2D eigenvalue weighted by Crippen LogP contribution is 2.31. The topological polar surface area (TPSA) is 83.8 Å². The van der Waals surface area contributed by atoms with Crippen molar-refractivity contribution in [2.45, 2.75) is 38.4 Å². The molecule has 0 aromatic carbocycles. The fraction of sp³-hybridized carbons (Fsp3) is 0.467. The number of aliphatic hydroxyl groups is 2. The number of Topliss-reactive ketones (excluding diaryl/α,β-unsaturated/α-hetero) is 1. The van der Waals surface area contributed by atoms with Gasteiger partial charge in [0.05, 0.1) is 18.3 Å². The standard InChI is InChI=1S/C15H18O5/c1-8-3-4-11(17)9(2)6-12(18)14-10(7-16)15(19)20-13(14)5-8/h5,12-13,16,18H,2-4,6-7H2,1H3. The first-order chi connectivity index (χ1) is 9.43. The number of hydrogen-bond donors (Lipinski definition) is 2. The molecule has 1 aliphatic carbocycles. The van der Waals surface area contributed by atoms with Crippen LogP contribution in [0.3, 0.4) is 0 Å². The molecule has 0 aromatic rings. The molecule has 0 spiro atoms. The van der Waals surface area contributed by atoms with E-state index in [-0.39, 0.29) is 17.8 Å². The van der Waals surface area contributed by atoms with E-state index in [1.54, 1.807) is 6.08 Å². The third kappa shape index (κ3) is 2.73. The van der Waals surface area contributed by atoms with Crippen molar-refractivity contribution in [3.05, 3.63) is 34.9 Å². The number of aliphatic hydroxyl groups excluding tert-OH is 2. The molecule has 1 heterocycles. The van der Waals surface area contributed by atoms with E-state index in [0.29, 0.717) is 24.0 Å². The lowest BCUT2D eigenvalue weighted by atomic mass is 9.90. The lowest BCUT2D eigenvalue weighted by Gasteiger charge is -2.20. The summed E-state index contributed by atoms with van der Waals surface area (Å²) in [5.74, 6) is -0.710. The van der Waals surface area contributed by atoms with E-state index in [1.165, 1.54) is 0 Å². The van der Waals surface area contributed by atoms with Crippen LogP contribution in [-0.2, 0) is 14.3 Å². The number of rotatable bonds is 1. The molecule has 2 unspecified atom stereocenters. The van der Waals surface area contributed by atoms with Crippen molar-refractivity contribution in [1.29, 1.82) is 0 Å². The Morgan fingerprint density at radius 1 is 1.40 bits per heavy atom. The fourth-order valence-electron chi connectivity index (χ4n) is 2.50. The van der Waals surface area contributed by atoms with E-state index >= 15 is 0 Å². The Labute approximate surface area is 117 Å². The van der Waals surface area contributed by atoms with Crippen LogP contribution < -0.4 is 0 Å². The molecule has 0 bridgehead atoms. The smallest absolute Gasteiger partial charge is 0.337 e. The van der Waals surface area contributed by atoms with Gasteiger partial charge in [-0.1, -0.05) is 12.2 Å². The van der Waals surface area contributed by atoms with Crippen molar-refractivity contribution in [2.75, 3.05) is 6.61 Å². The number of carbonyl (C=O) groups excluding carboxylic acids is 2. The van der Waals surface area contributed by atoms with Crippen molar-refractivity contribution in [1.82, 2.24) is 0 Å². The van der Waals surface area contributed by atoms with E-state index < -0.39 is 24.8 Å². The second kappa shape index (κ2) is 5.73. The van der Waals surface area contributed by atoms with Gasteiger partial charge in [-0.3, -0.25) is 4.79 Å². The van der Waals surface area contributed by atoms with E-state index in [9.17, 15) is 19.8 Å². The summed E-state index contributed by atoms with van der Waals surface area (Å²) < 4.78 is 5.18. The van der Waals surface area contributed by atoms with Crippen LogP contribution in [0.15, 0.2) is 34.9 Å². The van der Waals surface area contributed by atoms with Gasteiger partial charge in [0.2, 0.25) is 0 Å². The number of ether oxygens (including phenoxy) is 1. The van der Waals surface area contributed by atoms with E-state index in [4.69, 9.17) is 4.74 Å². The van der Waals surface area contributed by atoms with Gasteiger partial charge in [-0.15, -0.1) is 0 Å². The van der Waals surface area contributed by atoms with Gasteiger partial charge in [-0.25, -0.2) is 4.79 Å². The Morgan fingerprint density at radius 2 is 2.10 bits per heavy atom. The molecule has 0 aromatic heterocycles. The van der Waals surface area contributed by atoms with E-state index in [1.807, 2.05) is 6.92 Å². The monoisotopic (exact) mass is 278 g/mol. The average molecular weight is 278 g/mol. The van der Waals surface area contributed by atoms with Crippen molar-refractivity contribution in [2.24, 2.45) is 0 Å². The number of ketones is 1. The number of carbonyl (C=O) groups is 2. The van der Waals surface area contributed by atoms with Gasteiger partial charge >= 0.3 is 5.97 Å². The van der Waals surface area contributed by atoms with Crippen LogP contribution >= 0.6 is 0 Å². The fourth-order valence-corrected chi connectivity index (χ4v) is 2.50. The van der Waals surface area contributed by atoms with E-state index in [0.717, 1.165) is 5.57 Å². The minimum absolute atomic E-state index is 0.0533. The zero-order valence-electron chi connectivity index (χ0n) is 11.4. The predicted molar refractivity (Wildman–Crippen MR) is 71.8 cm³/mol. The molecule has 108 valence electrons. The predicted octanol–water partition coefficient (Wildman–Crippen LogP) is 0.817. The molecule has 2 atom stereocenters. The van der Waals surface area contributed by atoms with Crippen LogP contribution in [0.25, 0.3) is 0 Å². The zero-order chi connectivity index (χ0) is 14.9. The Kier molecular flexibility index (Phi) is 4.20. The Balaban J connectivity index is 2.45. The molecule has 2 N–H and O–H groups in total. The van der Waals surface area contributed by atoms with Crippen molar-refractivity contribution >= 4 is 11.8 Å². The highest BCUT2D eigenvalue weighted by molar-refractivity contribution is 5.96. The lowest BCUT2D eigenvalue weighted by molar-refractivity contribution is -0.138. The minimum Gasteiger partial charge on any atom is -0.450 e. The summed E-state index contributed by atoms with van der Waals surface area (Å²) in [6.07, 6.45) is 0.954. The quantitative estimate of drug-likeness (QED) is 0.421. The summed E-state index contributed by atoms with van der Waals surface area (Å²) in [4.78, 5) is 23.5. The van der Waals surface area contributed by atoms with Gasteiger partial charge in [-0.05, 0) is 25.0 Å². The van der Waals surface area contributed by atoms with Gasteiger partial charge in [0.15, 0.2) is 5.78 Å². The molecular formula is C15H18O5. The first-order valence-electron chi connectivity index (χ1n) is 6.55. The summed E-state index contributed by atoms with van der Waals surface area (Å²) >= 11 is 0. The van der Waals surface area contributed by atoms with Gasteiger partial charge in [0.25, 0.3) is 0 Å². The maximum atomic E-state index is 11.8. The number of hydrogen-bond acceptors (Lipinski definition) is 5. The first kappa shape index (κ1) is 14.7. The molecule has 1 aliphatic heterocycles. The first-order valence-corrected chi connectivity index (χ1v) is 6.55. The summed E-state index contributed by atoms with van der Waals surface area (Å²) in [6.45, 7) is 5.04. The molecule has 2 rings (SSSR count). The highest BCUT2D eigenvalue weighted by Gasteiger charge is 2.37. The molecule has 0 fully saturated rings. The van der Waals surface area contributed by atoms with Crippen LogP contribution in [-0.4, -0.2) is 40.8 Å². The molecule has 5 heteroatoms. The lowest BCUT2D eigenvalue weighted by Crippen LogP contribution is -2.23. The average Bonchev–Trinajstić information content (AvgIpc) is 2.70. The SMILES string of the molecule is C=C1CC(O)C2=C(CO)C(=O)OC2C=C(C)CCC1=O. The largest absolute Gasteiger partial charge is 0.450 e. The van der Waals surface area contributed by atoms with Crippen LogP contribution in [0, 0.1) is 0 Å². The second-order valence-electron chi connectivity index (χ2n) is 5.18. The van der Waals surface area contributed by atoms with Gasteiger partial charge in [0.1, 0.15) is 6.10 Å². The Bertz CT molecular complexity index is 526. The molecular weight excluding hydrogens is 260 g/mol. The molecule has 0 saturated carbocycles. The number of esters is 1. The third-order valence-corrected chi connectivity index (χ3v) is 3.67. The van der Waals surface area contributed by atoms with Crippen LogP contribution in [0.1, 0.15) is 26.2 Å². The minimum atomic E-state index is -1.05. The molecule has 0 radical (unpaired) electrons. The second-order valence-corrected chi connectivity index (χ2v) is 5.18. The molecule has 2 aliphatic rings. The third-order valence-electron chi connectivity index (χ3n) is 3.67. The number of fused-ring (bicyclic) bond motifs is 1. The van der Waals surface area contributed by atoms with E-state index in [2.05, 4.69) is 6.58 Å². The molecule has 5 nitrogen and oxygen atoms in total. The zero-order valence-corrected chi connectivity index (χ0v) is 11.4. The van der Waals surface area contributed by atoms with Crippen molar-refractivity contribution < 1.29 is 24.5 Å². The van der Waals surface area contributed by atoms with Gasteiger partial charge < -0.3 is 14.9 Å². The highest BCUT2D eigenvalue weighted by atomic mass is 16.5. The van der Waals surface area contributed by atoms with Crippen LogP contribution in [0.5, 0.6) is 0 Å². The van der Waals surface area contributed by atoms with Gasteiger partial charge in [0, 0.05) is 18.4 Å². The molecule has 20 heavy (non-hydrogen) atoms. The summed E-state index contributed by atoms with van der Waals surface area (Å²) in [5, 5.41) is 19.5. The van der Waals surface area contributed by atoms with Crippen LogP contribution in [0.2, 0.25) is 0 Å². The molecule has 0 amide bonds. The van der Waals surface area contributed by atoms with Crippen LogP contribution in [0.4, 0.5) is 0 Å². The normalized spacial score (nSPS) is 28.1. The summed E-state index contributed by atoms with van der Waals surface area (Å²) in [5.41, 5.74) is 1.64. The number of allylic oxidation sites excluding steroid dienone is 1. The maximum absolute atomic E-state index is 11.8. The van der Waals surface area contributed by atoms with Crippen molar-refractivity contribution in [3.8, 4) is 0 Å². The summed E-state index contributed by atoms with van der Waals surface area (Å²) in [6, 6.07) is 0. The maximum Gasteiger partial charge on any atom is 0.337 e. The molecule has 0 saturated heterocycles. The van der Waals surface area contributed by atoms with Gasteiger partial charge in [-0.2, -0.15) is 0 Å². The Morgan fingerprint density at radius 3 is 2.75 bits per heavy atom. The van der Waals surface area contributed by atoms with Crippen molar-refractivity contribution in [3.63, 3.8) is 0 Å².